The van der Waals surface area contributed by atoms with Crippen LogP contribution in [0.5, 0.6) is 0 Å². The van der Waals surface area contributed by atoms with Crippen molar-refractivity contribution in [3.8, 4) is 0 Å². The highest BCUT2D eigenvalue weighted by molar-refractivity contribution is 6.27. The molecule has 0 saturated heterocycles. The quantitative estimate of drug-likeness (QED) is 0.630. The van der Waals surface area contributed by atoms with Gasteiger partial charge in [0.05, 0.1) is 0 Å². The lowest BCUT2D eigenvalue weighted by molar-refractivity contribution is 0.0960. The summed E-state index contributed by atoms with van der Waals surface area (Å²) < 4.78 is 0. The highest BCUT2D eigenvalue weighted by Crippen LogP contribution is 2.30. The molecule has 0 spiro atoms. The van der Waals surface area contributed by atoms with E-state index in [0.717, 1.165) is 11.3 Å². The molecule has 1 aromatic rings. The Morgan fingerprint density at radius 1 is 1.31 bits per heavy atom. The second kappa shape index (κ2) is 2.52. The van der Waals surface area contributed by atoms with Gasteiger partial charge >= 0.3 is 0 Å². The van der Waals surface area contributed by atoms with Crippen LogP contribution in [0.4, 0.5) is 0 Å². The second-order valence-corrected chi connectivity index (χ2v) is 3.46. The van der Waals surface area contributed by atoms with Gasteiger partial charge in [0.25, 0.3) is 0 Å². The van der Waals surface area contributed by atoms with Gasteiger partial charge in [0.15, 0.2) is 11.3 Å². The molecule has 1 aromatic carbocycles. The minimum absolute atomic E-state index is 0.102. The number of carbonyl (C=O) groups is 1. The lowest BCUT2D eigenvalue weighted by Gasteiger charge is -2.05. The average Bonchev–Trinajstić information content (AvgIpc) is 2.76. The second-order valence-electron chi connectivity index (χ2n) is 3.46. The number of ketones is 1. The van der Waals surface area contributed by atoms with Gasteiger partial charge in [-0.05, 0) is 13.8 Å². The smallest absolute Gasteiger partial charge is 0.195 e. The Morgan fingerprint density at radius 3 is 2.31 bits per heavy atom. The van der Waals surface area contributed by atoms with Gasteiger partial charge in [0.1, 0.15) is 0 Å². The Balaban J connectivity index is 2.26. The molecule has 0 N–H and O–H groups in total. The van der Waals surface area contributed by atoms with E-state index in [-0.39, 0.29) is 5.78 Å². The van der Waals surface area contributed by atoms with E-state index >= 15 is 0 Å². The Bertz CT molecular complexity index is 380. The van der Waals surface area contributed by atoms with Crippen LogP contribution >= 0.6 is 0 Å². The van der Waals surface area contributed by atoms with Gasteiger partial charge in [-0.15, -0.1) is 0 Å². The zero-order valence-electron chi connectivity index (χ0n) is 7.74. The summed E-state index contributed by atoms with van der Waals surface area (Å²) in [5.41, 5.74) is 1.15. The molecule has 0 aliphatic carbocycles. The van der Waals surface area contributed by atoms with E-state index < -0.39 is 5.54 Å². The first kappa shape index (κ1) is 8.17. The van der Waals surface area contributed by atoms with Gasteiger partial charge in [0, 0.05) is 11.3 Å². The zero-order valence-corrected chi connectivity index (χ0v) is 7.74. The van der Waals surface area contributed by atoms with Gasteiger partial charge < -0.3 is 0 Å². The van der Waals surface area contributed by atoms with Crippen molar-refractivity contribution in [1.29, 1.82) is 0 Å². The summed E-state index contributed by atoms with van der Waals surface area (Å²) in [6, 6.07) is 9.30. The molecule has 0 amide bonds. The number of hydrogen-bond acceptors (Lipinski definition) is 2. The van der Waals surface area contributed by atoms with Gasteiger partial charge in [-0.25, -0.2) is 0 Å². The summed E-state index contributed by atoms with van der Waals surface area (Å²) in [6.45, 7) is 3.75. The van der Waals surface area contributed by atoms with Crippen LogP contribution in [0.15, 0.2) is 35.3 Å². The molecule has 1 unspecified atom stereocenters. The predicted molar refractivity (Wildman–Crippen MR) is 52.3 cm³/mol. The Kier molecular flexibility index (Phi) is 1.59. The summed E-state index contributed by atoms with van der Waals surface area (Å²) in [6.07, 6.45) is 0. The number of rotatable bonds is 2. The number of carbonyl (C=O) groups excluding carboxylic acids is 1. The maximum atomic E-state index is 11.8. The van der Waals surface area contributed by atoms with Gasteiger partial charge in [0.2, 0.25) is 0 Å². The molecule has 2 nitrogen and oxygen atoms in total. The lowest BCUT2D eigenvalue weighted by atomic mass is 9.95. The largest absolute Gasteiger partial charge is 0.291 e. The van der Waals surface area contributed by atoms with Crippen molar-refractivity contribution in [2.75, 3.05) is 0 Å². The summed E-state index contributed by atoms with van der Waals surface area (Å²) in [7, 11) is 0. The predicted octanol–water partition coefficient (Wildman–Crippen LogP) is 2.10. The molecule has 0 aromatic heterocycles. The molecule has 13 heavy (non-hydrogen) atoms. The molecule has 1 atom stereocenters. The fourth-order valence-corrected chi connectivity index (χ4v) is 1.39. The van der Waals surface area contributed by atoms with Crippen LogP contribution < -0.4 is 0 Å². The first-order valence-corrected chi connectivity index (χ1v) is 4.31. The summed E-state index contributed by atoms with van der Waals surface area (Å²) in [4.78, 5) is 16.0. The molecule has 2 heteroatoms. The molecule has 0 bridgehead atoms. The molecule has 0 fully saturated rings. The van der Waals surface area contributed by atoms with Crippen molar-refractivity contribution >= 4 is 11.5 Å². The standard InChI is InChI=1S/C11H11NO/c1-8-11(2,12-8)10(13)9-6-4-3-5-7-9/h3-7H,1-2H3. The molecule has 66 valence electrons. The van der Waals surface area contributed by atoms with E-state index in [0.29, 0.717) is 0 Å². The number of aliphatic imine (C=N–C) groups is 1. The fourth-order valence-electron chi connectivity index (χ4n) is 1.39. The van der Waals surface area contributed by atoms with E-state index in [1.165, 1.54) is 0 Å². The Morgan fingerprint density at radius 2 is 1.85 bits per heavy atom. The van der Waals surface area contributed by atoms with Crippen LogP contribution in [-0.2, 0) is 0 Å². The minimum atomic E-state index is -0.526. The van der Waals surface area contributed by atoms with Crippen molar-refractivity contribution in [1.82, 2.24) is 0 Å². The number of Topliss-reactive ketones (excluding diaryl/α,β-unsaturated/α-hetero) is 1. The molecule has 0 saturated carbocycles. The molecule has 1 aliphatic heterocycles. The molecule has 2 rings (SSSR count). The van der Waals surface area contributed by atoms with E-state index in [2.05, 4.69) is 4.99 Å². The van der Waals surface area contributed by atoms with E-state index in [4.69, 9.17) is 0 Å². The van der Waals surface area contributed by atoms with Gasteiger partial charge in [-0.2, -0.15) is 0 Å². The van der Waals surface area contributed by atoms with Crippen LogP contribution in [0, 0.1) is 0 Å². The van der Waals surface area contributed by atoms with Crippen molar-refractivity contribution in [2.24, 2.45) is 4.99 Å². The molecular formula is C11H11NO. The van der Waals surface area contributed by atoms with E-state index in [9.17, 15) is 4.79 Å². The minimum Gasteiger partial charge on any atom is -0.291 e. The maximum Gasteiger partial charge on any atom is 0.195 e. The molecule has 0 radical (unpaired) electrons. The van der Waals surface area contributed by atoms with Crippen molar-refractivity contribution in [3.63, 3.8) is 0 Å². The summed E-state index contributed by atoms with van der Waals surface area (Å²) in [5, 5.41) is 0. The average molecular weight is 173 g/mol. The van der Waals surface area contributed by atoms with E-state index in [1.54, 1.807) is 0 Å². The number of nitrogens with zero attached hydrogens (tertiary/aromatic N) is 1. The topological polar surface area (TPSA) is 29.4 Å². The normalized spacial score (nSPS) is 25.2. The Labute approximate surface area is 77.3 Å². The van der Waals surface area contributed by atoms with Crippen LogP contribution in [0.2, 0.25) is 0 Å². The first-order valence-electron chi connectivity index (χ1n) is 4.31. The van der Waals surface area contributed by atoms with Crippen LogP contribution in [0.25, 0.3) is 0 Å². The number of hydrogen-bond donors (Lipinski definition) is 0. The van der Waals surface area contributed by atoms with Gasteiger partial charge in [-0.1, -0.05) is 30.3 Å². The third kappa shape index (κ3) is 1.18. The fraction of sp³-hybridized carbons (Fsp3) is 0.273. The third-order valence-corrected chi connectivity index (χ3v) is 2.52. The lowest BCUT2D eigenvalue weighted by Crippen LogP contribution is -2.25. The highest BCUT2D eigenvalue weighted by Gasteiger charge is 2.46. The molecular weight excluding hydrogens is 162 g/mol. The summed E-state index contributed by atoms with van der Waals surface area (Å²) in [5.74, 6) is 0.102. The van der Waals surface area contributed by atoms with E-state index in [1.807, 2.05) is 44.2 Å². The molecule has 1 aliphatic rings. The van der Waals surface area contributed by atoms with Crippen molar-refractivity contribution < 1.29 is 4.79 Å². The van der Waals surface area contributed by atoms with Crippen molar-refractivity contribution in [2.45, 2.75) is 19.4 Å². The molecule has 1 heterocycles. The van der Waals surface area contributed by atoms with Crippen LogP contribution in [0.1, 0.15) is 24.2 Å². The Hall–Kier alpha value is -1.44. The summed E-state index contributed by atoms with van der Waals surface area (Å²) >= 11 is 0. The number of benzene rings is 1. The van der Waals surface area contributed by atoms with Crippen LogP contribution in [0.3, 0.4) is 0 Å². The first-order chi connectivity index (χ1) is 6.14. The van der Waals surface area contributed by atoms with Gasteiger partial charge in [-0.3, -0.25) is 9.79 Å². The van der Waals surface area contributed by atoms with Crippen molar-refractivity contribution in [3.05, 3.63) is 35.9 Å². The van der Waals surface area contributed by atoms with Crippen LogP contribution in [-0.4, -0.2) is 17.0 Å². The zero-order chi connectivity index (χ0) is 9.47. The SMILES string of the molecule is CC1=NC1(C)C(=O)c1ccccc1. The third-order valence-electron chi connectivity index (χ3n) is 2.52. The maximum absolute atomic E-state index is 11.8. The monoisotopic (exact) mass is 173 g/mol. The highest BCUT2D eigenvalue weighted by atomic mass is 16.1.